The van der Waals surface area contributed by atoms with Gasteiger partial charge in [-0.3, -0.25) is 14.6 Å². The molecule has 4 aliphatic rings. The van der Waals surface area contributed by atoms with E-state index in [0.29, 0.717) is 40.9 Å². The smallest absolute Gasteiger partial charge is 0.326 e. The number of rotatable bonds is 5. The van der Waals surface area contributed by atoms with Crippen LogP contribution in [0.15, 0.2) is 60.7 Å². The molecule has 0 saturated heterocycles. The lowest BCUT2D eigenvalue weighted by Gasteiger charge is -2.37. The van der Waals surface area contributed by atoms with E-state index in [-0.39, 0.29) is 23.7 Å². The summed E-state index contributed by atoms with van der Waals surface area (Å²) >= 11 is 5.97. The number of nitrogens with zero attached hydrogens (tertiary/aromatic N) is 2. The molecule has 0 radical (unpaired) electrons. The van der Waals surface area contributed by atoms with E-state index in [1.54, 1.807) is 21.3 Å². The molecule has 0 aliphatic carbocycles. The number of hydrogen-bond donors (Lipinski definition) is 0. The Morgan fingerprint density at radius 2 is 1.39 bits per heavy atom. The minimum absolute atomic E-state index is 0.0890. The molecule has 256 valence electrons. The first-order valence-electron chi connectivity index (χ1n) is 16.5. The molecule has 0 amide bonds. The normalized spacial score (nSPS) is 18.7. The summed E-state index contributed by atoms with van der Waals surface area (Å²) in [6, 6.07) is 20.4. The first-order chi connectivity index (χ1) is 23.8. The van der Waals surface area contributed by atoms with E-state index in [4.69, 9.17) is 40.0 Å². The van der Waals surface area contributed by atoms with Crippen molar-refractivity contribution >= 4 is 17.6 Å². The zero-order valence-corrected chi connectivity index (χ0v) is 29.3. The molecule has 4 aromatic rings. The number of methoxy groups -OCH3 is 3. The van der Waals surface area contributed by atoms with Crippen molar-refractivity contribution < 1.29 is 33.2 Å². The quantitative estimate of drug-likeness (QED) is 0.122. The van der Waals surface area contributed by atoms with E-state index < -0.39 is 5.97 Å². The molecular formula is C39H41ClN2O7. The van der Waals surface area contributed by atoms with Crippen molar-refractivity contribution in [2.45, 2.75) is 37.8 Å². The van der Waals surface area contributed by atoms with E-state index in [0.717, 1.165) is 60.4 Å². The highest BCUT2D eigenvalue weighted by atomic mass is 35.5. The van der Waals surface area contributed by atoms with E-state index >= 15 is 0 Å². The lowest BCUT2D eigenvalue weighted by molar-refractivity contribution is -0.131. The van der Waals surface area contributed by atoms with Crippen molar-refractivity contribution in [1.29, 1.82) is 0 Å². The Hall–Kier alpha value is -4.44. The van der Waals surface area contributed by atoms with E-state index in [1.807, 2.05) is 30.3 Å². The fraction of sp³-hybridized carbons (Fsp3) is 0.359. The molecule has 4 aromatic carbocycles. The number of likely N-dealkylation sites (N-methyl/N-ethyl adjacent to an activating group) is 2. The van der Waals surface area contributed by atoms with Crippen LogP contribution in [0, 0.1) is 0 Å². The van der Waals surface area contributed by atoms with Crippen molar-refractivity contribution in [3.8, 4) is 46.0 Å². The van der Waals surface area contributed by atoms with Crippen molar-refractivity contribution in [1.82, 2.24) is 9.80 Å². The lowest BCUT2D eigenvalue weighted by atomic mass is 9.87. The van der Waals surface area contributed by atoms with Crippen LogP contribution in [0.4, 0.5) is 0 Å². The highest BCUT2D eigenvalue weighted by Gasteiger charge is 2.35. The first kappa shape index (κ1) is 33.1. The predicted molar refractivity (Wildman–Crippen MR) is 187 cm³/mol. The van der Waals surface area contributed by atoms with Crippen LogP contribution < -0.4 is 28.4 Å². The van der Waals surface area contributed by atoms with Gasteiger partial charge in [0.05, 0.1) is 21.3 Å². The van der Waals surface area contributed by atoms with Gasteiger partial charge in [0.25, 0.3) is 0 Å². The second-order valence-corrected chi connectivity index (χ2v) is 13.1. The largest absolute Gasteiger partial charge is 0.493 e. The molecule has 6 bridgehead atoms. The summed E-state index contributed by atoms with van der Waals surface area (Å²) in [4.78, 5) is 17.5. The molecule has 2 atom stereocenters. The van der Waals surface area contributed by atoms with Crippen LogP contribution >= 0.6 is 11.6 Å². The van der Waals surface area contributed by atoms with Gasteiger partial charge in [-0.15, -0.1) is 11.6 Å². The van der Waals surface area contributed by atoms with Crippen molar-refractivity contribution in [3.05, 3.63) is 94.0 Å². The Morgan fingerprint density at radius 1 is 0.755 bits per heavy atom. The third-order valence-corrected chi connectivity index (χ3v) is 10.2. The van der Waals surface area contributed by atoms with E-state index in [9.17, 15) is 4.79 Å². The number of esters is 1. The fourth-order valence-corrected chi connectivity index (χ4v) is 7.37. The van der Waals surface area contributed by atoms with Crippen molar-refractivity contribution in [2.24, 2.45) is 0 Å². The standard InChI is InChI=1S/C39H41ClN2O7/c1-41-14-12-25-19-32(45-4)34-21-28(25)29(41)16-23-6-9-27(10-7-23)47-33-18-24(8-11-31(33)44-3)17-30-37-26(13-15-42(30)2)20-35(46-5)38(39(37)48-34)49-36(43)22-40/h6-11,18-21,29-30H,12-17,22H2,1-5H3/t29-,30-/m0/s1. The molecule has 0 saturated carbocycles. The first-order valence-corrected chi connectivity index (χ1v) is 17.1. The number of hydrogen-bond acceptors (Lipinski definition) is 9. The van der Waals surface area contributed by atoms with Gasteiger partial charge in [-0.1, -0.05) is 18.2 Å². The lowest BCUT2D eigenvalue weighted by Crippen LogP contribution is -2.34. The second-order valence-electron chi connectivity index (χ2n) is 12.9. The van der Waals surface area contributed by atoms with Crippen LogP contribution in [0.5, 0.6) is 46.0 Å². The third kappa shape index (κ3) is 6.38. The highest BCUT2D eigenvalue weighted by Crippen LogP contribution is 2.52. The summed E-state index contributed by atoms with van der Waals surface area (Å²) in [7, 11) is 9.11. The van der Waals surface area contributed by atoms with Crippen LogP contribution in [0.3, 0.4) is 0 Å². The maximum absolute atomic E-state index is 12.8. The summed E-state index contributed by atoms with van der Waals surface area (Å²) in [6.07, 6.45) is 3.03. The second kappa shape index (κ2) is 13.8. The molecule has 4 aliphatic heterocycles. The van der Waals surface area contributed by atoms with Crippen LogP contribution in [0.1, 0.15) is 45.5 Å². The number of ether oxygens (including phenoxy) is 6. The molecule has 0 N–H and O–H groups in total. The Kier molecular flexibility index (Phi) is 9.33. The molecule has 4 heterocycles. The Labute approximate surface area is 292 Å². The van der Waals surface area contributed by atoms with Gasteiger partial charge >= 0.3 is 5.97 Å². The minimum atomic E-state index is -0.610. The van der Waals surface area contributed by atoms with Gasteiger partial charge in [0.15, 0.2) is 34.5 Å². The molecule has 10 heteroatoms. The molecular weight excluding hydrogens is 644 g/mol. The summed E-state index contributed by atoms with van der Waals surface area (Å²) < 4.78 is 36.8. The summed E-state index contributed by atoms with van der Waals surface area (Å²) in [5.41, 5.74) is 6.56. The molecule has 0 spiro atoms. The van der Waals surface area contributed by atoms with Gasteiger partial charge in [-0.2, -0.15) is 0 Å². The Balaban J connectivity index is 1.48. The van der Waals surface area contributed by atoms with E-state index in [1.165, 1.54) is 11.1 Å². The molecule has 49 heavy (non-hydrogen) atoms. The summed E-state index contributed by atoms with van der Waals surface area (Å²) in [6.45, 7) is 1.72. The SMILES string of the molecule is COc1ccc2cc1Oc1ccc(cc1)C[C@H]1c3cc(c(OC)cc3CCN1C)Oc1c(OC(=O)CCl)c(OC)cc3c1[C@H](C2)N(C)CC3. The van der Waals surface area contributed by atoms with Crippen molar-refractivity contribution in [2.75, 3.05) is 54.4 Å². The predicted octanol–water partition coefficient (Wildman–Crippen LogP) is 7.30. The zero-order chi connectivity index (χ0) is 34.2. The van der Waals surface area contributed by atoms with Gasteiger partial charge in [-0.25, -0.2) is 0 Å². The summed E-state index contributed by atoms with van der Waals surface area (Å²) in [5, 5.41) is 0. The fourth-order valence-electron chi connectivity index (χ4n) is 7.32. The topological polar surface area (TPSA) is 78.9 Å². The molecule has 9 nitrogen and oxygen atoms in total. The van der Waals surface area contributed by atoms with Gasteiger partial charge in [0, 0.05) is 30.7 Å². The van der Waals surface area contributed by atoms with Crippen LogP contribution in [-0.2, 0) is 30.5 Å². The third-order valence-electron chi connectivity index (χ3n) is 9.97. The van der Waals surface area contributed by atoms with Crippen molar-refractivity contribution in [3.63, 3.8) is 0 Å². The zero-order valence-electron chi connectivity index (χ0n) is 28.5. The number of carbonyl (C=O) groups excluding carboxylic acids is 1. The molecule has 0 fully saturated rings. The van der Waals surface area contributed by atoms with Gasteiger partial charge in [0.2, 0.25) is 5.75 Å². The number of alkyl halides is 1. The monoisotopic (exact) mass is 684 g/mol. The minimum Gasteiger partial charge on any atom is -0.493 e. The summed E-state index contributed by atoms with van der Waals surface area (Å²) in [5.74, 6) is 3.20. The number of benzene rings is 4. The van der Waals surface area contributed by atoms with Gasteiger partial charge < -0.3 is 28.4 Å². The molecule has 8 rings (SSSR count). The van der Waals surface area contributed by atoms with Crippen LogP contribution in [0.2, 0.25) is 0 Å². The Morgan fingerprint density at radius 3 is 2.10 bits per heavy atom. The number of halogens is 1. The average Bonchev–Trinajstić information content (AvgIpc) is 3.11. The average molecular weight is 685 g/mol. The van der Waals surface area contributed by atoms with Gasteiger partial charge in [0.1, 0.15) is 11.6 Å². The number of carbonyl (C=O) groups is 1. The number of fused-ring (bicyclic) bond motifs is 2. The maximum atomic E-state index is 12.8. The Bertz CT molecular complexity index is 1880. The maximum Gasteiger partial charge on any atom is 0.326 e. The van der Waals surface area contributed by atoms with Crippen LogP contribution in [-0.4, -0.2) is 70.2 Å². The highest BCUT2D eigenvalue weighted by molar-refractivity contribution is 6.26. The van der Waals surface area contributed by atoms with Crippen LogP contribution in [0.25, 0.3) is 0 Å². The van der Waals surface area contributed by atoms with E-state index in [2.05, 4.69) is 54.2 Å². The van der Waals surface area contributed by atoms with Gasteiger partial charge in [-0.05, 0) is 110 Å². The molecule has 0 unspecified atom stereocenters. The molecule has 0 aromatic heterocycles.